The van der Waals surface area contributed by atoms with Gasteiger partial charge in [0.25, 0.3) is 0 Å². The Labute approximate surface area is 41.7 Å². The van der Waals surface area contributed by atoms with Crippen LogP contribution in [0.4, 0.5) is 0 Å². The lowest BCUT2D eigenvalue weighted by Crippen LogP contribution is -1.96. The first kappa shape index (κ1) is 5.52. The molecule has 3 heteroatoms. The molecule has 0 aromatic rings. The Morgan fingerprint density at radius 1 is 1.43 bits per heavy atom. The van der Waals surface area contributed by atoms with Gasteiger partial charge in [0.15, 0.2) is 12.4 Å². The van der Waals surface area contributed by atoms with E-state index in [1.165, 1.54) is 0 Å². The van der Waals surface area contributed by atoms with Crippen molar-refractivity contribution in [3.8, 4) is 12.4 Å². The van der Waals surface area contributed by atoms with Crippen LogP contribution in [-0.2, 0) is 0 Å². The highest BCUT2D eigenvalue weighted by Gasteiger charge is 1.83. The lowest BCUT2D eigenvalue weighted by Gasteiger charge is -1.87. The molecule has 0 aliphatic heterocycles. The summed E-state index contributed by atoms with van der Waals surface area (Å²) in [5.74, 6) is 0. The molecule has 0 rings (SSSR count). The van der Waals surface area contributed by atoms with Crippen molar-refractivity contribution >= 4 is 0 Å². The summed E-state index contributed by atoms with van der Waals surface area (Å²) in [4.78, 5) is 0.750. The van der Waals surface area contributed by atoms with Crippen molar-refractivity contribution in [3.63, 3.8) is 0 Å². The van der Waals surface area contributed by atoms with Gasteiger partial charge in [-0.05, 0) is 0 Å². The zero-order valence-electron chi connectivity index (χ0n) is 3.63. The van der Waals surface area contributed by atoms with Gasteiger partial charge >= 0.3 is 0 Å². The Kier molecular flexibility index (Phi) is 2.16. The fourth-order valence-electron chi connectivity index (χ4n) is 0.104. The van der Waals surface area contributed by atoms with E-state index in [1.807, 2.05) is 0 Å². The maximum atomic E-state index is 7.91. The molecule has 0 heterocycles. The summed E-state index contributed by atoms with van der Waals surface area (Å²) in [6.07, 6.45) is 4.25. The lowest BCUT2D eigenvalue weighted by molar-refractivity contribution is 0.742. The number of hydrogen-bond acceptors (Lipinski definition) is 3. The Balaban J connectivity index is 3.73. The van der Waals surface area contributed by atoms with Crippen molar-refractivity contribution in [2.45, 2.75) is 0 Å². The van der Waals surface area contributed by atoms with Gasteiger partial charge < -0.3 is 0 Å². The van der Waals surface area contributed by atoms with Crippen LogP contribution in [0.25, 0.3) is 0 Å². The molecule has 0 N–H and O–H groups in total. The first-order chi connectivity index (χ1) is 3.35. The first-order valence-electron chi connectivity index (χ1n) is 1.56. The second-order valence-electron chi connectivity index (χ2n) is 0.753. The average molecular weight is 93.1 g/mol. The summed E-state index contributed by atoms with van der Waals surface area (Å²) in [5, 5.41) is 15.8. The standard InChI is InChI=1S/C4H3N3/c1-2-7(3-5)4-6/h2H,1H2. The van der Waals surface area contributed by atoms with Gasteiger partial charge in [-0.1, -0.05) is 6.58 Å². The molecule has 0 saturated heterocycles. The van der Waals surface area contributed by atoms with E-state index >= 15 is 0 Å². The van der Waals surface area contributed by atoms with Crippen molar-refractivity contribution in [2.24, 2.45) is 0 Å². The molecule has 0 spiro atoms. The minimum Gasteiger partial charge on any atom is -0.191 e. The second kappa shape index (κ2) is 2.74. The van der Waals surface area contributed by atoms with Crippen LogP contribution >= 0.6 is 0 Å². The van der Waals surface area contributed by atoms with E-state index in [0.717, 1.165) is 11.1 Å². The highest BCUT2D eigenvalue weighted by Crippen LogP contribution is 1.75. The molecule has 7 heavy (non-hydrogen) atoms. The van der Waals surface area contributed by atoms with Crippen LogP contribution in [0, 0.1) is 22.9 Å². The molecule has 0 aliphatic carbocycles. The molecule has 0 saturated carbocycles. The fraction of sp³-hybridized carbons (Fsp3) is 0. The molecular weight excluding hydrogens is 90.1 g/mol. The van der Waals surface area contributed by atoms with Gasteiger partial charge in [0, 0.05) is 6.20 Å². The predicted octanol–water partition coefficient (Wildman–Crippen LogP) is 0.394. The van der Waals surface area contributed by atoms with E-state index in [0.29, 0.717) is 0 Å². The smallest absolute Gasteiger partial charge is 0.191 e. The molecule has 0 unspecified atom stereocenters. The fourth-order valence-corrected chi connectivity index (χ4v) is 0.104. The van der Waals surface area contributed by atoms with Gasteiger partial charge in [0.2, 0.25) is 0 Å². The largest absolute Gasteiger partial charge is 0.198 e. The molecule has 34 valence electrons. The average Bonchev–Trinajstić information content (AvgIpc) is 1.72. The molecule has 0 bridgehead atoms. The molecule has 0 aliphatic rings. The molecular formula is C4H3N3. The Hall–Kier alpha value is -1.48. The second-order valence-corrected chi connectivity index (χ2v) is 0.753. The van der Waals surface area contributed by atoms with Gasteiger partial charge in [-0.2, -0.15) is 15.4 Å². The van der Waals surface area contributed by atoms with E-state index in [1.54, 1.807) is 12.4 Å². The number of nitriles is 2. The monoisotopic (exact) mass is 93.0 g/mol. The van der Waals surface area contributed by atoms with Gasteiger partial charge in [-0.15, -0.1) is 0 Å². The summed E-state index contributed by atoms with van der Waals surface area (Å²) >= 11 is 0. The van der Waals surface area contributed by atoms with E-state index in [-0.39, 0.29) is 0 Å². The quantitative estimate of drug-likeness (QED) is 0.348. The van der Waals surface area contributed by atoms with Gasteiger partial charge in [-0.3, -0.25) is 0 Å². The van der Waals surface area contributed by atoms with E-state index in [9.17, 15) is 0 Å². The number of rotatable bonds is 1. The van der Waals surface area contributed by atoms with Gasteiger partial charge in [-0.25, -0.2) is 0 Å². The minimum atomic E-state index is 0.750. The Bertz CT molecular complexity index is 122. The van der Waals surface area contributed by atoms with Crippen molar-refractivity contribution < 1.29 is 0 Å². The number of hydrogen-bond donors (Lipinski definition) is 0. The van der Waals surface area contributed by atoms with Crippen LogP contribution in [0.3, 0.4) is 0 Å². The molecule has 0 aromatic heterocycles. The molecule has 0 fully saturated rings. The van der Waals surface area contributed by atoms with Crippen molar-refractivity contribution in [1.29, 1.82) is 10.5 Å². The normalized spacial score (nSPS) is 5.43. The van der Waals surface area contributed by atoms with Crippen LogP contribution in [0.2, 0.25) is 0 Å². The maximum absolute atomic E-state index is 7.91. The van der Waals surface area contributed by atoms with E-state index in [4.69, 9.17) is 10.5 Å². The summed E-state index contributed by atoms with van der Waals surface area (Å²) in [7, 11) is 0. The van der Waals surface area contributed by atoms with Gasteiger partial charge in [0.05, 0.1) is 0 Å². The topological polar surface area (TPSA) is 50.8 Å². The molecule has 0 aromatic carbocycles. The first-order valence-corrected chi connectivity index (χ1v) is 1.56. The third-order valence-electron chi connectivity index (χ3n) is 0.398. The molecule has 0 atom stereocenters. The van der Waals surface area contributed by atoms with Crippen molar-refractivity contribution in [1.82, 2.24) is 4.90 Å². The summed E-state index contributed by atoms with van der Waals surface area (Å²) in [6, 6.07) is 0. The molecule has 0 amide bonds. The van der Waals surface area contributed by atoms with E-state index < -0.39 is 0 Å². The summed E-state index contributed by atoms with van der Waals surface area (Å²) < 4.78 is 0. The predicted molar refractivity (Wildman–Crippen MR) is 23.3 cm³/mol. The van der Waals surface area contributed by atoms with Crippen molar-refractivity contribution in [3.05, 3.63) is 12.8 Å². The summed E-state index contributed by atoms with van der Waals surface area (Å²) in [5.41, 5.74) is 0. The third-order valence-corrected chi connectivity index (χ3v) is 0.398. The van der Waals surface area contributed by atoms with Crippen LogP contribution in [0.5, 0.6) is 0 Å². The molecule has 3 nitrogen and oxygen atoms in total. The van der Waals surface area contributed by atoms with Crippen LogP contribution in [0.1, 0.15) is 0 Å². The SMILES string of the molecule is C=CN(C#N)C#N. The maximum Gasteiger partial charge on any atom is 0.198 e. The summed E-state index contributed by atoms with van der Waals surface area (Å²) in [6.45, 7) is 3.18. The molecule has 0 radical (unpaired) electrons. The van der Waals surface area contributed by atoms with E-state index in [2.05, 4.69) is 6.58 Å². The van der Waals surface area contributed by atoms with Crippen molar-refractivity contribution in [2.75, 3.05) is 0 Å². The highest BCUT2D eigenvalue weighted by atomic mass is 15.1. The van der Waals surface area contributed by atoms with Crippen LogP contribution < -0.4 is 0 Å². The third kappa shape index (κ3) is 1.40. The number of nitrogens with zero attached hydrogens (tertiary/aromatic N) is 3. The van der Waals surface area contributed by atoms with Crippen LogP contribution in [-0.4, -0.2) is 4.90 Å². The zero-order chi connectivity index (χ0) is 5.70. The lowest BCUT2D eigenvalue weighted by atomic mass is 10.8. The Morgan fingerprint density at radius 2 is 1.86 bits per heavy atom. The van der Waals surface area contributed by atoms with Crippen LogP contribution in [0.15, 0.2) is 12.8 Å². The highest BCUT2D eigenvalue weighted by molar-refractivity contribution is 4.93. The Morgan fingerprint density at radius 3 is 1.86 bits per heavy atom. The zero-order valence-corrected chi connectivity index (χ0v) is 3.63. The van der Waals surface area contributed by atoms with Gasteiger partial charge in [0.1, 0.15) is 0 Å². The minimum absolute atomic E-state index is 0.750.